The summed E-state index contributed by atoms with van der Waals surface area (Å²) in [6, 6.07) is 5.83. The summed E-state index contributed by atoms with van der Waals surface area (Å²) in [7, 11) is 1.46. The van der Waals surface area contributed by atoms with E-state index < -0.39 is 5.82 Å². The normalized spacial score (nSPS) is 19.5. The number of ether oxygens (including phenoxy) is 1. The first-order valence-electron chi connectivity index (χ1n) is 13.7. The van der Waals surface area contributed by atoms with Gasteiger partial charge in [-0.15, -0.1) is 0 Å². The second-order valence-corrected chi connectivity index (χ2v) is 9.96. The summed E-state index contributed by atoms with van der Waals surface area (Å²) >= 11 is 0. The van der Waals surface area contributed by atoms with Gasteiger partial charge >= 0.3 is 0 Å². The maximum atomic E-state index is 14.4. The largest absolute Gasteiger partial charge is 0.494 e. The fraction of sp³-hybridized carbons (Fsp3) is 0.667. The quantitative estimate of drug-likeness (QED) is 0.342. The number of aromatic nitrogens is 3. The van der Waals surface area contributed by atoms with Gasteiger partial charge in [0, 0.05) is 36.4 Å². The second kappa shape index (κ2) is 13.0. The minimum Gasteiger partial charge on any atom is -0.494 e. The topological polar surface area (TPSA) is 87.2 Å². The van der Waals surface area contributed by atoms with Crippen LogP contribution in [-0.4, -0.2) is 53.3 Å². The van der Waals surface area contributed by atoms with Crippen LogP contribution in [0.25, 0.3) is 0 Å². The molecule has 2 aromatic rings. The summed E-state index contributed by atoms with van der Waals surface area (Å²) in [5, 5.41) is 10.4. The fourth-order valence-corrected chi connectivity index (χ4v) is 5.45. The van der Waals surface area contributed by atoms with E-state index >= 15 is 0 Å². The van der Waals surface area contributed by atoms with Gasteiger partial charge in [0.25, 0.3) is 0 Å². The number of hydrogen-bond acceptors (Lipinski definition) is 8. The van der Waals surface area contributed by atoms with Crippen LogP contribution < -0.4 is 25.6 Å². The molecular formula is C27H42FN7O. The molecule has 0 spiro atoms. The van der Waals surface area contributed by atoms with Crippen molar-refractivity contribution in [2.75, 3.05) is 35.7 Å². The highest BCUT2D eigenvalue weighted by atomic mass is 19.1. The average Bonchev–Trinajstić information content (AvgIpc) is 3.28. The first kappa shape index (κ1) is 26.4. The van der Waals surface area contributed by atoms with E-state index in [1.165, 1.54) is 45.3 Å². The highest BCUT2D eigenvalue weighted by Gasteiger charge is 2.26. The summed E-state index contributed by atoms with van der Waals surface area (Å²) < 4.78 is 19.4. The minimum absolute atomic E-state index is 0.205. The molecule has 2 heterocycles. The average molecular weight is 500 g/mol. The number of methoxy groups -OCH3 is 1. The molecule has 9 heteroatoms. The van der Waals surface area contributed by atoms with Crippen LogP contribution in [0, 0.1) is 5.82 Å². The van der Waals surface area contributed by atoms with Crippen molar-refractivity contribution in [3.8, 4) is 5.75 Å². The molecule has 4 rings (SSSR count). The predicted molar refractivity (Wildman–Crippen MR) is 144 cm³/mol. The number of benzene rings is 1. The molecule has 2 unspecified atom stereocenters. The van der Waals surface area contributed by atoms with E-state index in [0.29, 0.717) is 35.6 Å². The Morgan fingerprint density at radius 3 is 2.47 bits per heavy atom. The van der Waals surface area contributed by atoms with Gasteiger partial charge in [-0.2, -0.15) is 15.0 Å². The Kier molecular flexibility index (Phi) is 9.55. The van der Waals surface area contributed by atoms with Crippen LogP contribution in [0.4, 0.5) is 27.9 Å². The van der Waals surface area contributed by atoms with E-state index in [1.54, 1.807) is 12.1 Å². The molecule has 1 aliphatic heterocycles. The van der Waals surface area contributed by atoms with Crippen molar-refractivity contribution in [3.05, 3.63) is 24.0 Å². The molecular weight excluding hydrogens is 457 g/mol. The van der Waals surface area contributed by atoms with Crippen molar-refractivity contribution in [3.63, 3.8) is 0 Å². The Hall–Kier alpha value is -2.68. The number of rotatable bonds is 11. The number of nitrogens with zero attached hydrogens (tertiary/aromatic N) is 4. The number of halogens is 1. The van der Waals surface area contributed by atoms with Gasteiger partial charge in [0.2, 0.25) is 17.8 Å². The zero-order valence-electron chi connectivity index (χ0n) is 22.0. The van der Waals surface area contributed by atoms with Gasteiger partial charge in [0.05, 0.1) is 7.11 Å². The predicted octanol–water partition coefficient (Wildman–Crippen LogP) is 5.64. The molecule has 3 N–H and O–H groups in total. The molecule has 1 aromatic heterocycles. The number of anilines is 4. The van der Waals surface area contributed by atoms with Gasteiger partial charge < -0.3 is 25.6 Å². The molecule has 2 aliphatic rings. The van der Waals surface area contributed by atoms with E-state index in [0.717, 1.165) is 45.2 Å². The van der Waals surface area contributed by atoms with Gasteiger partial charge in [-0.05, 0) is 57.2 Å². The van der Waals surface area contributed by atoms with Crippen molar-refractivity contribution in [2.24, 2.45) is 0 Å². The van der Waals surface area contributed by atoms with Crippen LogP contribution in [0.15, 0.2) is 18.2 Å². The summed E-state index contributed by atoms with van der Waals surface area (Å²) in [6.45, 7) is 6.33. The molecule has 1 aliphatic carbocycles. The van der Waals surface area contributed by atoms with Crippen molar-refractivity contribution in [1.82, 2.24) is 20.3 Å². The first-order chi connectivity index (χ1) is 17.6. The zero-order chi connectivity index (χ0) is 25.3. The Labute approximate surface area is 214 Å². The summed E-state index contributed by atoms with van der Waals surface area (Å²) in [5.74, 6) is 1.44. The lowest BCUT2D eigenvalue weighted by Gasteiger charge is -2.32. The van der Waals surface area contributed by atoms with E-state index in [4.69, 9.17) is 19.7 Å². The van der Waals surface area contributed by atoms with Crippen molar-refractivity contribution in [1.29, 1.82) is 0 Å². The van der Waals surface area contributed by atoms with Crippen LogP contribution in [0.5, 0.6) is 5.75 Å². The standard InChI is InChI=1S/C27H42FN7O/c1-4-17-35(20-11-8-6-7-9-12-20)27-33-25(30-19-14-15-24(36-3)21(28)18-19)32-26(34-27)31-22(5-2)23-13-10-16-29-23/h14-15,18,20,22-23,29H,4-13,16-17H2,1-3H3,(H2,30,31,32,33,34). The SMILES string of the molecule is CCCN(c1nc(Nc2ccc(OC)c(F)c2)nc(NC(CC)C2CCCN2)n1)C1CCCCCC1. The molecule has 0 amide bonds. The van der Waals surface area contributed by atoms with Crippen molar-refractivity contribution < 1.29 is 9.13 Å². The zero-order valence-corrected chi connectivity index (χ0v) is 22.0. The van der Waals surface area contributed by atoms with E-state index in [-0.39, 0.29) is 11.8 Å². The van der Waals surface area contributed by atoms with Crippen molar-refractivity contribution >= 4 is 23.5 Å². The molecule has 0 bridgehead atoms. The maximum absolute atomic E-state index is 14.4. The molecule has 1 saturated carbocycles. The lowest BCUT2D eigenvalue weighted by atomic mass is 10.0. The Balaban J connectivity index is 1.66. The molecule has 2 atom stereocenters. The fourth-order valence-electron chi connectivity index (χ4n) is 5.45. The second-order valence-electron chi connectivity index (χ2n) is 9.96. The monoisotopic (exact) mass is 499 g/mol. The lowest BCUT2D eigenvalue weighted by molar-refractivity contribution is 0.386. The van der Waals surface area contributed by atoms with Crippen LogP contribution in [-0.2, 0) is 0 Å². The molecule has 198 valence electrons. The van der Waals surface area contributed by atoms with E-state index in [2.05, 4.69) is 34.7 Å². The van der Waals surface area contributed by atoms with Gasteiger partial charge in [0.15, 0.2) is 11.6 Å². The Bertz CT molecular complexity index is 961. The Morgan fingerprint density at radius 1 is 1.06 bits per heavy atom. The first-order valence-corrected chi connectivity index (χ1v) is 13.7. The van der Waals surface area contributed by atoms with E-state index in [9.17, 15) is 4.39 Å². The smallest absolute Gasteiger partial charge is 0.233 e. The lowest BCUT2D eigenvalue weighted by Crippen LogP contribution is -2.41. The van der Waals surface area contributed by atoms with E-state index in [1.807, 2.05) is 0 Å². The van der Waals surface area contributed by atoms with Gasteiger partial charge in [-0.1, -0.05) is 39.5 Å². The van der Waals surface area contributed by atoms with Crippen molar-refractivity contribution in [2.45, 2.75) is 96.2 Å². The number of hydrogen-bond donors (Lipinski definition) is 3. The molecule has 1 saturated heterocycles. The molecule has 1 aromatic carbocycles. The van der Waals surface area contributed by atoms with Crippen LogP contribution in [0.3, 0.4) is 0 Å². The van der Waals surface area contributed by atoms with Crippen LogP contribution in [0.2, 0.25) is 0 Å². The third kappa shape index (κ3) is 6.75. The van der Waals surface area contributed by atoms with Gasteiger partial charge in [-0.25, -0.2) is 4.39 Å². The molecule has 8 nitrogen and oxygen atoms in total. The van der Waals surface area contributed by atoms with Crippen LogP contribution >= 0.6 is 0 Å². The van der Waals surface area contributed by atoms with Gasteiger partial charge in [0.1, 0.15) is 0 Å². The van der Waals surface area contributed by atoms with Crippen LogP contribution in [0.1, 0.15) is 78.1 Å². The Morgan fingerprint density at radius 2 is 1.83 bits per heavy atom. The summed E-state index contributed by atoms with van der Waals surface area (Å²) in [6.07, 6.45) is 11.7. The third-order valence-electron chi connectivity index (χ3n) is 7.36. The highest BCUT2D eigenvalue weighted by molar-refractivity contribution is 5.57. The number of nitrogens with one attached hydrogen (secondary N) is 3. The minimum atomic E-state index is -0.431. The molecule has 0 radical (unpaired) electrons. The summed E-state index contributed by atoms with van der Waals surface area (Å²) in [5.41, 5.74) is 0.567. The third-order valence-corrected chi connectivity index (χ3v) is 7.36. The molecule has 2 fully saturated rings. The molecule has 36 heavy (non-hydrogen) atoms. The highest BCUT2D eigenvalue weighted by Crippen LogP contribution is 2.28. The summed E-state index contributed by atoms with van der Waals surface area (Å²) in [4.78, 5) is 16.9. The van der Waals surface area contributed by atoms with Gasteiger partial charge in [-0.3, -0.25) is 0 Å². The maximum Gasteiger partial charge on any atom is 0.233 e.